The van der Waals surface area contributed by atoms with Crippen molar-refractivity contribution in [3.63, 3.8) is 0 Å². The minimum Gasteiger partial charge on any atom is -0.298 e. The van der Waals surface area contributed by atoms with E-state index >= 15 is 0 Å². The van der Waals surface area contributed by atoms with Crippen LogP contribution in [0.4, 0.5) is 23.2 Å². The Hall–Kier alpha value is -2.35. The fraction of sp³-hybridized carbons (Fsp3) is 0.0667. The van der Waals surface area contributed by atoms with Crippen LogP contribution < -0.4 is 10.9 Å². The molecule has 0 unspecified atom stereocenters. The summed E-state index contributed by atoms with van der Waals surface area (Å²) in [6.45, 7) is 0. The number of carbonyl (C=O) groups is 1. The summed E-state index contributed by atoms with van der Waals surface area (Å²) < 4.78 is 52.7. The normalized spacial score (nSPS) is 10.8. The van der Waals surface area contributed by atoms with Gasteiger partial charge in [-0.15, -0.1) is 0 Å². The molecular weight excluding hydrogens is 441 g/mol. The van der Waals surface area contributed by atoms with Gasteiger partial charge in [-0.3, -0.25) is 15.6 Å². The summed E-state index contributed by atoms with van der Waals surface area (Å²) >= 11 is 1.74. The zero-order valence-electron chi connectivity index (χ0n) is 11.7. The van der Waals surface area contributed by atoms with E-state index in [4.69, 9.17) is 5.26 Å². The Balaban J connectivity index is 2.21. The molecule has 2 rings (SSSR count). The van der Waals surface area contributed by atoms with Crippen LogP contribution >= 0.6 is 22.6 Å². The van der Waals surface area contributed by atoms with Crippen molar-refractivity contribution in [2.24, 2.45) is 0 Å². The fourth-order valence-electron chi connectivity index (χ4n) is 1.79. The van der Waals surface area contributed by atoms with E-state index in [9.17, 15) is 22.4 Å². The highest BCUT2D eigenvalue weighted by Crippen LogP contribution is 2.35. The van der Waals surface area contributed by atoms with Crippen molar-refractivity contribution in [3.05, 3.63) is 62.5 Å². The molecule has 2 aromatic rings. The molecule has 124 valence electrons. The number of nitriles is 1. The first kappa shape index (κ1) is 18.0. The van der Waals surface area contributed by atoms with Gasteiger partial charge >= 0.3 is 6.18 Å². The number of rotatable bonds is 3. The smallest absolute Gasteiger partial charge is 0.298 e. The molecule has 0 heterocycles. The van der Waals surface area contributed by atoms with Gasteiger partial charge in [0.15, 0.2) is 0 Å². The lowest BCUT2D eigenvalue weighted by molar-refractivity contribution is -0.137. The number of nitrogens with one attached hydrogen (secondary N) is 2. The van der Waals surface area contributed by atoms with Gasteiger partial charge in [0.05, 0.1) is 22.9 Å². The number of anilines is 1. The van der Waals surface area contributed by atoms with E-state index in [0.29, 0.717) is 9.64 Å². The second-order valence-corrected chi connectivity index (χ2v) is 5.74. The van der Waals surface area contributed by atoms with Crippen LogP contribution in [-0.4, -0.2) is 5.91 Å². The lowest BCUT2D eigenvalue weighted by Crippen LogP contribution is -2.30. The highest BCUT2D eigenvalue weighted by molar-refractivity contribution is 14.1. The van der Waals surface area contributed by atoms with E-state index in [2.05, 4.69) is 10.9 Å². The van der Waals surface area contributed by atoms with E-state index < -0.39 is 29.2 Å². The fourth-order valence-corrected chi connectivity index (χ4v) is 2.13. The van der Waals surface area contributed by atoms with Gasteiger partial charge < -0.3 is 0 Å². The lowest BCUT2D eigenvalue weighted by atomic mass is 10.1. The molecule has 0 aliphatic rings. The maximum atomic E-state index is 13.4. The largest absolute Gasteiger partial charge is 0.418 e. The molecule has 1 amide bonds. The second kappa shape index (κ2) is 7.04. The van der Waals surface area contributed by atoms with Crippen LogP contribution in [0.5, 0.6) is 0 Å². The van der Waals surface area contributed by atoms with Gasteiger partial charge in [-0.05, 0) is 59.0 Å². The summed E-state index contributed by atoms with van der Waals surface area (Å²) in [7, 11) is 0. The predicted octanol–water partition coefficient (Wildman–Crippen LogP) is 4.08. The van der Waals surface area contributed by atoms with Gasteiger partial charge in [0.25, 0.3) is 5.91 Å². The van der Waals surface area contributed by atoms with Crippen molar-refractivity contribution >= 4 is 34.2 Å². The molecule has 4 nitrogen and oxygen atoms in total. The lowest BCUT2D eigenvalue weighted by Gasteiger charge is -2.15. The Morgan fingerprint density at radius 3 is 2.46 bits per heavy atom. The number of benzene rings is 2. The molecule has 0 aliphatic heterocycles. The third-order valence-corrected chi connectivity index (χ3v) is 3.82. The average Bonchev–Trinajstić information content (AvgIpc) is 2.54. The van der Waals surface area contributed by atoms with Gasteiger partial charge in [0, 0.05) is 9.13 Å². The van der Waals surface area contributed by atoms with E-state index in [1.165, 1.54) is 18.2 Å². The molecule has 0 saturated carbocycles. The first-order chi connectivity index (χ1) is 11.2. The molecule has 2 aromatic carbocycles. The van der Waals surface area contributed by atoms with Gasteiger partial charge in [0.1, 0.15) is 5.82 Å². The standard InChI is InChI=1S/C15H8F4IN3O/c16-11-6-9(2-3-12(11)20)14(24)23-22-13-4-1-8(7-21)5-10(13)15(17,18)19/h1-6,22H,(H,23,24). The average molecular weight is 449 g/mol. The Morgan fingerprint density at radius 2 is 1.88 bits per heavy atom. The van der Waals surface area contributed by atoms with Gasteiger partial charge in [-0.1, -0.05) is 0 Å². The molecule has 0 spiro atoms. The first-order valence-electron chi connectivity index (χ1n) is 6.35. The van der Waals surface area contributed by atoms with Crippen LogP contribution in [0.1, 0.15) is 21.5 Å². The molecule has 0 bridgehead atoms. The molecule has 0 aliphatic carbocycles. The zero-order valence-corrected chi connectivity index (χ0v) is 13.9. The molecule has 0 aromatic heterocycles. The van der Waals surface area contributed by atoms with Crippen LogP contribution in [0, 0.1) is 20.7 Å². The van der Waals surface area contributed by atoms with Gasteiger partial charge in [0.2, 0.25) is 0 Å². The Bertz CT molecular complexity index is 830. The molecule has 0 saturated heterocycles. The van der Waals surface area contributed by atoms with Crippen molar-refractivity contribution in [2.45, 2.75) is 6.18 Å². The van der Waals surface area contributed by atoms with Crippen LogP contribution in [-0.2, 0) is 6.18 Å². The second-order valence-electron chi connectivity index (χ2n) is 4.58. The highest BCUT2D eigenvalue weighted by Gasteiger charge is 2.34. The Morgan fingerprint density at radius 1 is 1.17 bits per heavy atom. The number of nitrogens with zero attached hydrogens (tertiary/aromatic N) is 1. The summed E-state index contributed by atoms with van der Waals surface area (Å²) in [5.41, 5.74) is 2.47. The SMILES string of the molecule is N#Cc1ccc(NNC(=O)c2ccc(I)c(F)c2)c(C(F)(F)F)c1. The number of amides is 1. The van der Waals surface area contributed by atoms with Gasteiger partial charge in [-0.25, -0.2) is 4.39 Å². The Labute approximate surface area is 147 Å². The summed E-state index contributed by atoms with van der Waals surface area (Å²) in [6.07, 6.45) is -4.71. The number of halogens is 5. The van der Waals surface area contributed by atoms with E-state index in [0.717, 1.165) is 12.1 Å². The molecule has 0 atom stereocenters. The highest BCUT2D eigenvalue weighted by atomic mass is 127. The van der Waals surface area contributed by atoms with Crippen LogP contribution in [0.25, 0.3) is 0 Å². The molecule has 0 radical (unpaired) electrons. The van der Waals surface area contributed by atoms with E-state index in [1.807, 2.05) is 0 Å². The van der Waals surface area contributed by atoms with Crippen LogP contribution in [0.3, 0.4) is 0 Å². The molecule has 9 heteroatoms. The van der Waals surface area contributed by atoms with Crippen molar-refractivity contribution in [3.8, 4) is 6.07 Å². The van der Waals surface area contributed by atoms with Crippen molar-refractivity contribution in [1.82, 2.24) is 5.43 Å². The number of hydrogen-bond acceptors (Lipinski definition) is 3. The summed E-state index contributed by atoms with van der Waals surface area (Å²) in [5, 5.41) is 8.69. The molecule has 0 fully saturated rings. The third-order valence-electron chi connectivity index (χ3n) is 2.95. The minimum absolute atomic E-state index is 0.0531. The van der Waals surface area contributed by atoms with Crippen molar-refractivity contribution in [2.75, 3.05) is 5.43 Å². The zero-order chi connectivity index (χ0) is 17.9. The molecular formula is C15H8F4IN3O. The summed E-state index contributed by atoms with van der Waals surface area (Å²) in [4.78, 5) is 11.9. The molecule has 2 N–H and O–H groups in total. The number of hydrogen-bond donors (Lipinski definition) is 2. The third kappa shape index (κ3) is 4.14. The maximum absolute atomic E-state index is 13.4. The monoisotopic (exact) mass is 449 g/mol. The van der Waals surface area contributed by atoms with E-state index in [-0.39, 0.29) is 11.1 Å². The topological polar surface area (TPSA) is 64.9 Å². The number of hydrazine groups is 1. The minimum atomic E-state index is -4.71. The van der Waals surface area contributed by atoms with Crippen molar-refractivity contribution in [1.29, 1.82) is 5.26 Å². The summed E-state index contributed by atoms with van der Waals surface area (Å²) in [6, 6.07) is 8.16. The van der Waals surface area contributed by atoms with Crippen molar-refractivity contribution < 1.29 is 22.4 Å². The molecule has 24 heavy (non-hydrogen) atoms. The number of carbonyl (C=O) groups excluding carboxylic acids is 1. The van der Waals surface area contributed by atoms with Crippen LogP contribution in [0.2, 0.25) is 0 Å². The van der Waals surface area contributed by atoms with E-state index in [1.54, 1.807) is 28.7 Å². The van der Waals surface area contributed by atoms with Crippen LogP contribution in [0.15, 0.2) is 36.4 Å². The quantitative estimate of drug-likeness (QED) is 0.422. The summed E-state index contributed by atoms with van der Waals surface area (Å²) in [5.74, 6) is -1.42. The van der Waals surface area contributed by atoms with Gasteiger partial charge in [-0.2, -0.15) is 18.4 Å². The Kier molecular flexibility index (Phi) is 5.28. The number of alkyl halides is 3. The predicted molar refractivity (Wildman–Crippen MR) is 86.4 cm³/mol. The maximum Gasteiger partial charge on any atom is 0.418 e. The first-order valence-corrected chi connectivity index (χ1v) is 7.43.